The third kappa shape index (κ3) is 7.37. The van der Waals surface area contributed by atoms with E-state index in [4.69, 9.17) is 4.74 Å². The fraction of sp³-hybridized carbons (Fsp3) is 0.789. The lowest BCUT2D eigenvalue weighted by Crippen LogP contribution is -2.34. The normalized spacial score (nSPS) is 13.2. The van der Waals surface area contributed by atoms with E-state index < -0.39 is 5.60 Å². The first-order valence-corrected chi connectivity index (χ1v) is 9.28. The molecular weight excluding hydrogens is 302 g/mol. The molecule has 2 rings (SSSR count). The summed E-state index contributed by atoms with van der Waals surface area (Å²) in [5.74, 6) is 1.79. The topological polar surface area (TPSA) is 56.2 Å². The van der Waals surface area contributed by atoms with Crippen LogP contribution < -0.4 is 5.32 Å². The molecular formula is C19H37N3O2. The summed E-state index contributed by atoms with van der Waals surface area (Å²) in [6, 6.07) is 0. The molecule has 0 bridgehead atoms. The first-order chi connectivity index (χ1) is 11.3. The van der Waals surface area contributed by atoms with Crippen LogP contribution in [-0.2, 0) is 11.3 Å². The Bertz CT molecular complexity index is 497. The smallest absolute Gasteiger partial charge is 0.407 e. The Hall–Kier alpha value is -1.52. The first kappa shape index (κ1) is 22.5. The van der Waals surface area contributed by atoms with Gasteiger partial charge in [-0.05, 0) is 47.5 Å². The zero-order valence-corrected chi connectivity index (χ0v) is 17.1. The molecule has 140 valence electrons. The summed E-state index contributed by atoms with van der Waals surface area (Å²) < 4.78 is 7.45. The molecule has 1 aliphatic rings. The number of rotatable bonds is 4. The van der Waals surface area contributed by atoms with E-state index in [-0.39, 0.29) is 6.09 Å². The highest BCUT2D eigenvalue weighted by atomic mass is 16.6. The maximum atomic E-state index is 11.6. The molecule has 1 aromatic rings. The molecule has 5 nitrogen and oxygen atoms in total. The molecule has 1 fully saturated rings. The Labute approximate surface area is 148 Å². The second-order valence-corrected chi connectivity index (χ2v) is 6.50. The van der Waals surface area contributed by atoms with E-state index in [2.05, 4.69) is 21.8 Å². The van der Waals surface area contributed by atoms with E-state index in [0.29, 0.717) is 12.5 Å². The average molecular weight is 340 g/mol. The molecule has 1 heterocycles. The highest BCUT2D eigenvalue weighted by molar-refractivity contribution is 5.67. The van der Waals surface area contributed by atoms with Crippen molar-refractivity contribution in [3.05, 3.63) is 17.2 Å². The lowest BCUT2D eigenvalue weighted by atomic mass is 10.2. The van der Waals surface area contributed by atoms with E-state index in [9.17, 15) is 4.79 Å². The zero-order chi connectivity index (χ0) is 18.9. The average Bonchev–Trinajstić information content (AvgIpc) is 3.32. The molecule has 0 atom stereocenters. The Kier molecular flexibility index (Phi) is 9.71. The monoisotopic (exact) mass is 339 g/mol. The fourth-order valence-electron chi connectivity index (χ4n) is 2.20. The summed E-state index contributed by atoms with van der Waals surface area (Å²) in [6.07, 6.45) is 2.10. The Morgan fingerprint density at radius 2 is 1.75 bits per heavy atom. The van der Waals surface area contributed by atoms with Gasteiger partial charge in [-0.3, -0.25) is 0 Å². The van der Waals surface area contributed by atoms with Crippen LogP contribution in [0.5, 0.6) is 0 Å². The molecule has 24 heavy (non-hydrogen) atoms. The molecule has 1 aliphatic carbocycles. The third-order valence-electron chi connectivity index (χ3n) is 3.43. The standard InChI is InChI=1S/C15H25N3O2.2C2H6/c1-10-11(2)18(13(17-10)12-6-7-12)9-8-16-14(19)20-15(3,4)5;2*1-2/h12H,6-9H2,1-5H3,(H,16,19);2*1-2H3. The number of hydrogen-bond acceptors (Lipinski definition) is 3. The maximum Gasteiger partial charge on any atom is 0.407 e. The van der Waals surface area contributed by atoms with Crippen LogP contribution in [0.25, 0.3) is 0 Å². The molecule has 1 aromatic heterocycles. The second kappa shape index (κ2) is 10.4. The van der Waals surface area contributed by atoms with Crippen LogP contribution in [0, 0.1) is 13.8 Å². The predicted octanol–water partition coefficient (Wildman–Crippen LogP) is 4.95. The molecule has 0 saturated heterocycles. The highest BCUT2D eigenvalue weighted by Gasteiger charge is 2.29. The molecule has 0 unspecified atom stereocenters. The minimum atomic E-state index is -0.454. The number of aryl methyl sites for hydroxylation is 1. The van der Waals surface area contributed by atoms with Crippen LogP contribution in [0.2, 0.25) is 0 Å². The van der Waals surface area contributed by atoms with Crippen molar-refractivity contribution in [3.8, 4) is 0 Å². The molecule has 0 radical (unpaired) electrons. The predicted molar refractivity (Wildman–Crippen MR) is 101 cm³/mol. The van der Waals surface area contributed by atoms with Gasteiger partial charge in [0.25, 0.3) is 0 Å². The Balaban J connectivity index is 0.00000123. The molecule has 1 amide bonds. The number of carbonyl (C=O) groups is 1. The van der Waals surface area contributed by atoms with Gasteiger partial charge in [0.05, 0.1) is 5.69 Å². The fourth-order valence-corrected chi connectivity index (χ4v) is 2.20. The van der Waals surface area contributed by atoms with Gasteiger partial charge in [-0.25, -0.2) is 9.78 Å². The van der Waals surface area contributed by atoms with Crippen molar-refractivity contribution in [2.24, 2.45) is 0 Å². The summed E-state index contributed by atoms with van der Waals surface area (Å²) >= 11 is 0. The first-order valence-electron chi connectivity index (χ1n) is 9.28. The molecule has 0 spiro atoms. The van der Waals surface area contributed by atoms with E-state index in [1.807, 2.05) is 55.4 Å². The quantitative estimate of drug-likeness (QED) is 0.844. The van der Waals surface area contributed by atoms with Crippen LogP contribution in [0.1, 0.15) is 84.4 Å². The van der Waals surface area contributed by atoms with Crippen LogP contribution in [0.4, 0.5) is 4.79 Å². The molecule has 5 heteroatoms. The van der Waals surface area contributed by atoms with Gasteiger partial charge in [0.15, 0.2) is 0 Å². The van der Waals surface area contributed by atoms with Gasteiger partial charge in [0, 0.05) is 24.7 Å². The van der Waals surface area contributed by atoms with Gasteiger partial charge in [-0.1, -0.05) is 27.7 Å². The van der Waals surface area contributed by atoms with E-state index in [0.717, 1.165) is 12.2 Å². The van der Waals surface area contributed by atoms with Crippen molar-refractivity contribution in [3.63, 3.8) is 0 Å². The van der Waals surface area contributed by atoms with Crippen LogP contribution in [0.3, 0.4) is 0 Å². The van der Waals surface area contributed by atoms with Crippen molar-refractivity contribution >= 4 is 6.09 Å². The largest absolute Gasteiger partial charge is 0.444 e. The van der Waals surface area contributed by atoms with Crippen LogP contribution in [-0.4, -0.2) is 27.8 Å². The van der Waals surface area contributed by atoms with Gasteiger partial charge in [-0.15, -0.1) is 0 Å². The molecule has 0 aromatic carbocycles. The zero-order valence-electron chi connectivity index (χ0n) is 17.1. The minimum absolute atomic E-state index is 0.361. The van der Waals surface area contributed by atoms with Gasteiger partial charge in [0.1, 0.15) is 11.4 Å². The number of carbonyl (C=O) groups excluding carboxylic acids is 1. The maximum absolute atomic E-state index is 11.6. The number of nitrogens with zero attached hydrogens (tertiary/aromatic N) is 2. The van der Waals surface area contributed by atoms with Crippen molar-refractivity contribution in [2.45, 2.75) is 93.2 Å². The summed E-state index contributed by atoms with van der Waals surface area (Å²) in [6.45, 7) is 19.0. The van der Waals surface area contributed by atoms with Crippen LogP contribution >= 0.6 is 0 Å². The van der Waals surface area contributed by atoms with E-state index >= 15 is 0 Å². The van der Waals surface area contributed by atoms with Gasteiger partial charge >= 0.3 is 6.09 Å². The third-order valence-corrected chi connectivity index (χ3v) is 3.43. The van der Waals surface area contributed by atoms with Crippen molar-refractivity contribution < 1.29 is 9.53 Å². The second-order valence-electron chi connectivity index (χ2n) is 6.50. The Morgan fingerprint density at radius 3 is 2.21 bits per heavy atom. The SMILES string of the molecule is CC.CC.Cc1nc(C2CC2)n(CCNC(=O)OC(C)(C)C)c1C. The van der Waals surface area contributed by atoms with Crippen molar-refractivity contribution in [1.82, 2.24) is 14.9 Å². The van der Waals surface area contributed by atoms with Crippen molar-refractivity contribution in [1.29, 1.82) is 0 Å². The van der Waals surface area contributed by atoms with Gasteiger partial charge in [0.2, 0.25) is 0 Å². The van der Waals surface area contributed by atoms with E-state index in [1.54, 1.807) is 0 Å². The molecule has 1 N–H and O–H groups in total. The number of ether oxygens (including phenoxy) is 1. The number of aromatic nitrogens is 2. The highest BCUT2D eigenvalue weighted by Crippen LogP contribution is 2.40. The van der Waals surface area contributed by atoms with E-state index in [1.165, 1.54) is 24.4 Å². The number of hydrogen-bond donors (Lipinski definition) is 1. The van der Waals surface area contributed by atoms with Gasteiger partial charge < -0.3 is 14.6 Å². The van der Waals surface area contributed by atoms with Crippen molar-refractivity contribution in [2.75, 3.05) is 6.54 Å². The molecule has 1 saturated carbocycles. The molecule has 0 aliphatic heterocycles. The lowest BCUT2D eigenvalue weighted by Gasteiger charge is -2.20. The summed E-state index contributed by atoms with van der Waals surface area (Å²) in [5, 5.41) is 2.80. The number of alkyl carbamates (subject to hydrolysis) is 1. The number of nitrogens with one attached hydrogen (secondary N) is 1. The minimum Gasteiger partial charge on any atom is -0.444 e. The van der Waals surface area contributed by atoms with Gasteiger partial charge in [-0.2, -0.15) is 0 Å². The lowest BCUT2D eigenvalue weighted by molar-refractivity contribution is 0.0526. The summed E-state index contributed by atoms with van der Waals surface area (Å²) in [5.41, 5.74) is 1.83. The number of imidazole rings is 1. The van der Waals surface area contributed by atoms with Crippen LogP contribution in [0.15, 0.2) is 0 Å². The Morgan fingerprint density at radius 1 is 1.21 bits per heavy atom. The number of amides is 1. The summed E-state index contributed by atoms with van der Waals surface area (Å²) in [7, 11) is 0. The summed E-state index contributed by atoms with van der Waals surface area (Å²) in [4.78, 5) is 16.3.